The van der Waals surface area contributed by atoms with Crippen molar-refractivity contribution in [1.82, 2.24) is 14.5 Å². The molecule has 9 heteroatoms. The number of carbonyl (C=O) groups excluding carboxylic acids is 1. The first kappa shape index (κ1) is 26.7. The van der Waals surface area contributed by atoms with Crippen molar-refractivity contribution in [2.45, 2.75) is 32.9 Å². The van der Waals surface area contributed by atoms with Crippen molar-refractivity contribution >= 4 is 16.8 Å². The number of carbonyl (C=O) groups is 1. The van der Waals surface area contributed by atoms with E-state index >= 15 is 0 Å². The summed E-state index contributed by atoms with van der Waals surface area (Å²) >= 11 is 0. The van der Waals surface area contributed by atoms with E-state index in [2.05, 4.69) is 5.32 Å². The Balaban J connectivity index is 1.79. The van der Waals surface area contributed by atoms with Gasteiger partial charge >= 0.3 is 5.69 Å². The molecule has 0 radical (unpaired) electrons. The van der Waals surface area contributed by atoms with Crippen molar-refractivity contribution in [2.75, 3.05) is 20.8 Å². The lowest BCUT2D eigenvalue weighted by molar-refractivity contribution is 0.0953. The number of rotatable bonds is 10. The molecular weight excluding hydrogens is 489 g/mol. The molecule has 198 valence electrons. The molecule has 4 rings (SSSR count). The molecule has 1 N–H and O–H groups in total. The van der Waals surface area contributed by atoms with E-state index in [0.29, 0.717) is 40.3 Å². The lowest BCUT2D eigenvalue weighted by atomic mass is 10.1. The molecule has 0 saturated carbocycles. The van der Waals surface area contributed by atoms with Crippen LogP contribution in [-0.4, -0.2) is 35.8 Å². The summed E-state index contributed by atoms with van der Waals surface area (Å²) in [6.45, 7) is 2.68. The summed E-state index contributed by atoms with van der Waals surface area (Å²) in [5.41, 5.74) is 1.02. The van der Waals surface area contributed by atoms with E-state index in [1.807, 2.05) is 6.92 Å². The third kappa shape index (κ3) is 5.61. The molecule has 8 nitrogen and oxygen atoms in total. The summed E-state index contributed by atoms with van der Waals surface area (Å²) in [6.07, 6.45) is 1.88. The Kier molecular flexibility index (Phi) is 8.25. The van der Waals surface area contributed by atoms with Crippen LogP contribution in [0.1, 0.15) is 41.3 Å². The highest BCUT2D eigenvalue weighted by Crippen LogP contribution is 2.30. The Bertz CT molecular complexity index is 1570. The fourth-order valence-corrected chi connectivity index (χ4v) is 4.28. The monoisotopic (exact) mass is 519 g/mol. The summed E-state index contributed by atoms with van der Waals surface area (Å²) < 4.78 is 27.2. The third-order valence-electron chi connectivity index (χ3n) is 6.33. The number of fused-ring (bicyclic) bond motifs is 1. The van der Waals surface area contributed by atoms with Gasteiger partial charge in [0.05, 0.1) is 38.2 Å². The Labute approximate surface area is 219 Å². The largest absolute Gasteiger partial charge is 0.493 e. The van der Waals surface area contributed by atoms with Crippen molar-refractivity contribution in [3.63, 3.8) is 0 Å². The number of halogens is 1. The van der Waals surface area contributed by atoms with E-state index < -0.39 is 17.1 Å². The Hall–Kier alpha value is -4.40. The van der Waals surface area contributed by atoms with Gasteiger partial charge in [0.25, 0.3) is 11.5 Å². The van der Waals surface area contributed by atoms with Crippen LogP contribution in [-0.2, 0) is 13.1 Å². The number of unbranched alkanes of at least 4 members (excludes halogenated alkanes) is 1. The Morgan fingerprint density at radius 3 is 2.24 bits per heavy atom. The van der Waals surface area contributed by atoms with E-state index in [1.54, 1.807) is 42.5 Å². The molecule has 0 aliphatic carbocycles. The fraction of sp³-hybridized carbons (Fsp3) is 0.276. The topological polar surface area (TPSA) is 91.6 Å². The fourth-order valence-electron chi connectivity index (χ4n) is 4.28. The van der Waals surface area contributed by atoms with Crippen LogP contribution < -0.4 is 26.0 Å². The van der Waals surface area contributed by atoms with Gasteiger partial charge in [0, 0.05) is 18.2 Å². The number of nitrogens with zero attached hydrogens (tertiary/aromatic N) is 2. The van der Waals surface area contributed by atoms with Crippen molar-refractivity contribution < 1.29 is 18.7 Å². The van der Waals surface area contributed by atoms with Crippen molar-refractivity contribution in [3.8, 4) is 11.5 Å². The van der Waals surface area contributed by atoms with E-state index in [-0.39, 0.29) is 24.4 Å². The van der Waals surface area contributed by atoms with Crippen molar-refractivity contribution in [3.05, 3.63) is 104 Å². The summed E-state index contributed by atoms with van der Waals surface area (Å²) in [6, 6.07) is 15.8. The molecule has 3 aromatic carbocycles. The van der Waals surface area contributed by atoms with Crippen LogP contribution in [0.2, 0.25) is 0 Å². The number of ether oxygens (including phenoxy) is 2. The van der Waals surface area contributed by atoms with E-state index in [1.165, 1.54) is 37.0 Å². The summed E-state index contributed by atoms with van der Waals surface area (Å²) in [4.78, 5) is 39.5. The van der Waals surface area contributed by atoms with Gasteiger partial charge in [-0.25, -0.2) is 9.18 Å². The van der Waals surface area contributed by atoms with Crippen molar-refractivity contribution in [2.24, 2.45) is 0 Å². The molecule has 38 heavy (non-hydrogen) atoms. The highest BCUT2D eigenvalue weighted by Gasteiger charge is 2.18. The molecule has 1 heterocycles. The number of hydrogen-bond acceptors (Lipinski definition) is 5. The van der Waals surface area contributed by atoms with E-state index in [0.717, 1.165) is 17.4 Å². The van der Waals surface area contributed by atoms with Gasteiger partial charge in [-0.15, -0.1) is 0 Å². The smallest absolute Gasteiger partial charge is 0.332 e. The number of amides is 1. The first-order valence-corrected chi connectivity index (χ1v) is 12.4. The molecule has 1 amide bonds. The van der Waals surface area contributed by atoms with Crippen LogP contribution in [0.3, 0.4) is 0 Å². The summed E-state index contributed by atoms with van der Waals surface area (Å²) in [5, 5.41) is 3.12. The standard InChI is InChI=1S/C29H30FN3O5/c1-4-5-13-31-27(34)21-11-9-19(10-12-21)17-33-28(35)23-15-25(37-2)26(38-3)16-24(23)32(29(33)36)18-20-7-6-8-22(30)14-20/h6-12,14-16H,4-5,13,17-18H2,1-3H3,(H,31,34). The lowest BCUT2D eigenvalue weighted by Gasteiger charge is -2.17. The first-order chi connectivity index (χ1) is 18.4. The van der Waals surface area contributed by atoms with Crippen molar-refractivity contribution in [1.29, 1.82) is 0 Å². The second kappa shape index (κ2) is 11.8. The molecule has 0 aliphatic rings. The molecule has 0 spiro atoms. The molecule has 0 aliphatic heterocycles. The zero-order valence-corrected chi connectivity index (χ0v) is 21.6. The number of hydrogen-bond donors (Lipinski definition) is 1. The zero-order chi connectivity index (χ0) is 27.2. The highest BCUT2D eigenvalue weighted by molar-refractivity contribution is 5.94. The number of benzene rings is 3. The minimum atomic E-state index is -0.555. The summed E-state index contributed by atoms with van der Waals surface area (Å²) in [5.74, 6) is 0.105. The second-order valence-electron chi connectivity index (χ2n) is 8.92. The van der Waals surface area contributed by atoms with Crippen LogP contribution >= 0.6 is 0 Å². The van der Waals surface area contributed by atoms with E-state index in [9.17, 15) is 18.8 Å². The van der Waals surface area contributed by atoms with Crippen LogP contribution in [0.4, 0.5) is 4.39 Å². The maximum atomic E-state index is 13.9. The predicted molar refractivity (Wildman–Crippen MR) is 144 cm³/mol. The molecule has 0 saturated heterocycles. The van der Waals surface area contributed by atoms with Gasteiger partial charge < -0.3 is 14.8 Å². The van der Waals surface area contributed by atoms with Crippen LogP contribution in [0.15, 0.2) is 70.3 Å². The predicted octanol–water partition coefficient (Wildman–Crippen LogP) is 3.95. The molecule has 0 unspecified atom stereocenters. The van der Waals surface area contributed by atoms with Crippen LogP contribution in [0.25, 0.3) is 10.9 Å². The van der Waals surface area contributed by atoms with E-state index in [4.69, 9.17) is 9.47 Å². The Morgan fingerprint density at radius 1 is 0.895 bits per heavy atom. The minimum Gasteiger partial charge on any atom is -0.493 e. The van der Waals surface area contributed by atoms with Crippen LogP contribution in [0, 0.1) is 5.82 Å². The molecule has 0 fully saturated rings. The molecule has 4 aromatic rings. The Morgan fingerprint density at radius 2 is 1.58 bits per heavy atom. The van der Waals surface area contributed by atoms with Gasteiger partial charge in [-0.1, -0.05) is 37.6 Å². The number of methoxy groups -OCH3 is 2. The van der Waals surface area contributed by atoms with Gasteiger partial charge in [-0.3, -0.25) is 18.7 Å². The number of nitrogens with one attached hydrogen (secondary N) is 1. The third-order valence-corrected chi connectivity index (χ3v) is 6.33. The normalized spacial score (nSPS) is 10.9. The van der Waals surface area contributed by atoms with Gasteiger partial charge in [-0.2, -0.15) is 0 Å². The maximum absolute atomic E-state index is 13.9. The minimum absolute atomic E-state index is 0.0111. The molecule has 0 atom stereocenters. The van der Waals surface area contributed by atoms with Gasteiger partial charge in [0.15, 0.2) is 11.5 Å². The SMILES string of the molecule is CCCCNC(=O)c1ccc(Cn2c(=O)c3cc(OC)c(OC)cc3n(Cc3cccc(F)c3)c2=O)cc1. The highest BCUT2D eigenvalue weighted by atomic mass is 19.1. The maximum Gasteiger partial charge on any atom is 0.332 e. The average molecular weight is 520 g/mol. The molecular formula is C29H30FN3O5. The van der Waals surface area contributed by atoms with Gasteiger partial charge in [-0.05, 0) is 47.9 Å². The quantitative estimate of drug-likeness (QED) is 0.321. The molecule has 1 aromatic heterocycles. The number of aromatic nitrogens is 2. The van der Waals surface area contributed by atoms with Gasteiger partial charge in [0.1, 0.15) is 5.82 Å². The first-order valence-electron chi connectivity index (χ1n) is 12.4. The van der Waals surface area contributed by atoms with Crippen LogP contribution in [0.5, 0.6) is 11.5 Å². The second-order valence-corrected chi connectivity index (χ2v) is 8.92. The lowest BCUT2D eigenvalue weighted by Crippen LogP contribution is -2.40. The average Bonchev–Trinajstić information content (AvgIpc) is 2.93. The zero-order valence-electron chi connectivity index (χ0n) is 21.6. The molecule has 0 bridgehead atoms. The van der Waals surface area contributed by atoms with Gasteiger partial charge in [0.2, 0.25) is 0 Å². The summed E-state index contributed by atoms with van der Waals surface area (Å²) in [7, 11) is 2.93.